The lowest BCUT2D eigenvalue weighted by atomic mass is 10.2. The predicted molar refractivity (Wildman–Crippen MR) is 116 cm³/mol. The molecular weight excluding hydrogens is 430 g/mol. The van der Waals surface area contributed by atoms with E-state index in [0.717, 1.165) is 40.8 Å². The first-order valence-electron chi connectivity index (χ1n) is 9.11. The lowest BCUT2D eigenvalue weighted by Crippen LogP contribution is -2.14. The minimum atomic E-state index is -0.433. The highest BCUT2D eigenvalue weighted by Crippen LogP contribution is 2.39. The summed E-state index contributed by atoms with van der Waals surface area (Å²) in [4.78, 5) is 40.0. The van der Waals surface area contributed by atoms with Crippen LogP contribution in [-0.2, 0) is 22.4 Å². The SMILES string of the molecule is CCOC(=O)c1sc(NC(=O)CSc2nc(N)c3c4c(sc3n2)CCC4)nc1C. The van der Waals surface area contributed by atoms with Gasteiger partial charge in [0, 0.05) is 4.88 Å². The molecule has 1 aliphatic rings. The summed E-state index contributed by atoms with van der Waals surface area (Å²) in [6, 6.07) is 0. The summed E-state index contributed by atoms with van der Waals surface area (Å²) in [6.07, 6.45) is 3.25. The maximum Gasteiger partial charge on any atom is 0.350 e. The number of aryl methyl sites for hydroxylation is 3. The third-order valence-corrected chi connectivity index (χ3v) is 7.49. The van der Waals surface area contributed by atoms with Crippen LogP contribution in [0.15, 0.2) is 5.16 Å². The van der Waals surface area contributed by atoms with Crippen molar-refractivity contribution >= 4 is 67.5 Å². The van der Waals surface area contributed by atoms with Crippen LogP contribution in [0.1, 0.15) is 39.2 Å². The number of amides is 1. The van der Waals surface area contributed by atoms with E-state index in [2.05, 4.69) is 20.3 Å². The molecule has 1 aliphatic carbocycles. The third kappa shape index (κ3) is 4.07. The number of anilines is 2. The molecule has 0 fully saturated rings. The number of esters is 1. The largest absolute Gasteiger partial charge is 0.462 e. The van der Waals surface area contributed by atoms with E-state index in [9.17, 15) is 9.59 Å². The number of fused-ring (bicyclic) bond motifs is 3. The molecule has 0 saturated heterocycles. The minimum absolute atomic E-state index is 0.114. The summed E-state index contributed by atoms with van der Waals surface area (Å²) in [5.74, 6) is -0.0944. The summed E-state index contributed by atoms with van der Waals surface area (Å²) in [6.45, 7) is 3.73. The van der Waals surface area contributed by atoms with Gasteiger partial charge in [0.05, 0.1) is 23.4 Å². The van der Waals surface area contributed by atoms with E-state index in [1.165, 1.54) is 22.2 Å². The zero-order valence-corrected chi connectivity index (χ0v) is 18.4. The molecule has 8 nitrogen and oxygen atoms in total. The van der Waals surface area contributed by atoms with Crippen molar-refractivity contribution in [3.05, 3.63) is 21.0 Å². The Kier molecular flexibility index (Phi) is 5.70. The molecule has 0 bridgehead atoms. The van der Waals surface area contributed by atoms with Crippen LogP contribution in [0.3, 0.4) is 0 Å². The molecule has 29 heavy (non-hydrogen) atoms. The number of aromatic nitrogens is 3. The Labute approximate surface area is 179 Å². The van der Waals surface area contributed by atoms with Crippen LogP contribution in [-0.4, -0.2) is 39.2 Å². The summed E-state index contributed by atoms with van der Waals surface area (Å²) < 4.78 is 4.99. The van der Waals surface area contributed by atoms with E-state index < -0.39 is 5.97 Å². The summed E-state index contributed by atoms with van der Waals surface area (Å²) in [7, 11) is 0. The number of carbonyl (C=O) groups is 2. The maximum atomic E-state index is 12.3. The van der Waals surface area contributed by atoms with Crippen LogP contribution >= 0.6 is 34.4 Å². The fraction of sp³-hybridized carbons (Fsp3) is 0.389. The van der Waals surface area contributed by atoms with Crippen molar-refractivity contribution in [1.82, 2.24) is 15.0 Å². The molecule has 0 aromatic carbocycles. The number of ether oxygens (including phenoxy) is 1. The number of nitrogens with zero attached hydrogens (tertiary/aromatic N) is 3. The molecule has 0 unspecified atom stereocenters. The van der Waals surface area contributed by atoms with Crippen LogP contribution in [0.5, 0.6) is 0 Å². The van der Waals surface area contributed by atoms with Gasteiger partial charge >= 0.3 is 5.97 Å². The van der Waals surface area contributed by atoms with Crippen molar-refractivity contribution in [1.29, 1.82) is 0 Å². The Bertz CT molecular complexity index is 1110. The van der Waals surface area contributed by atoms with Crippen molar-refractivity contribution in [2.24, 2.45) is 0 Å². The molecule has 3 heterocycles. The Morgan fingerprint density at radius 3 is 2.86 bits per heavy atom. The lowest BCUT2D eigenvalue weighted by Gasteiger charge is -2.04. The monoisotopic (exact) mass is 449 g/mol. The van der Waals surface area contributed by atoms with E-state index in [1.807, 2.05) is 0 Å². The highest BCUT2D eigenvalue weighted by atomic mass is 32.2. The first-order chi connectivity index (χ1) is 14.0. The summed E-state index contributed by atoms with van der Waals surface area (Å²) in [5.41, 5.74) is 7.98. The summed E-state index contributed by atoms with van der Waals surface area (Å²) >= 11 is 3.98. The number of hydrogen-bond donors (Lipinski definition) is 2. The van der Waals surface area contributed by atoms with E-state index in [1.54, 1.807) is 25.2 Å². The number of rotatable bonds is 6. The molecule has 0 aliphatic heterocycles. The maximum absolute atomic E-state index is 12.3. The zero-order valence-electron chi connectivity index (χ0n) is 15.9. The van der Waals surface area contributed by atoms with Crippen LogP contribution in [0, 0.1) is 6.92 Å². The van der Waals surface area contributed by atoms with Gasteiger partial charge < -0.3 is 15.8 Å². The fourth-order valence-electron chi connectivity index (χ4n) is 3.19. The molecular formula is C18H19N5O3S3. The van der Waals surface area contributed by atoms with Crippen LogP contribution in [0.4, 0.5) is 10.9 Å². The molecule has 152 valence electrons. The third-order valence-electron chi connectivity index (χ3n) is 4.41. The van der Waals surface area contributed by atoms with Gasteiger partial charge in [0.2, 0.25) is 5.91 Å². The molecule has 0 radical (unpaired) electrons. The molecule has 0 atom stereocenters. The minimum Gasteiger partial charge on any atom is -0.462 e. The van der Waals surface area contributed by atoms with E-state index in [0.29, 0.717) is 26.7 Å². The quantitative estimate of drug-likeness (QED) is 0.334. The topological polar surface area (TPSA) is 120 Å². The molecule has 3 N–H and O–H groups in total. The average molecular weight is 450 g/mol. The highest BCUT2D eigenvalue weighted by Gasteiger charge is 2.22. The van der Waals surface area contributed by atoms with Crippen molar-refractivity contribution in [3.8, 4) is 0 Å². The number of nitrogens with one attached hydrogen (secondary N) is 1. The van der Waals surface area contributed by atoms with Gasteiger partial charge in [-0.05, 0) is 38.7 Å². The summed E-state index contributed by atoms with van der Waals surface area (Å²) in [5, 5.41) is 4.52. The first-order valence-corrected chi connectivity index (χ1v) is 11.7. The second-order valence-corrected chi connectivity index (χ2v) is 9.44. The Morgan fingerprint density at radius 2 is 2.07 bits per heavy atom. The second-order valence-electron chi connectivity index (χ2n) is 6.42. The second kappa shape index (κ2) is 8.25. The number of nitrogen functional groups attached to an aromatic ring is 1. The number of nitrogens with two attached hydrogens (primary N) is 1. The fourth-order valence-corrected chi connectivity index (χ4v) is 6.04. The van der Waals surface area contributed by atoms with Gasteiger partial charge in [-0.15, -0.1) is 11.3 Å². The Balaban J connectivity index is 1.41. The van der Waals surface area contributed by atoms with Gasteiger partial charge in [0.25, 0.3) is 0 Å². The smallest absolute Gasteiger partial charge is 0.350 e. The van der Waals surface area contributed by atoms with Crippen molar-refractivity contribution in [2.75, 3.05) is 23.4 Å². The molecule has 11 heteroatoms. The van der Waals surface area contributed by atoms with Crippen molar-refractivity contribution < 1.29 is 14.3 Å². The molecule has 1 amide bonds. The number of thiophene rings is 1. The average Bonchev–Trinajstić information content (AvgIpc) is 3.34. The zero-order chi connectivity index (χ0) is 20.5. The predicted octanol–water partition coefficient (Wildman–Crippen LogP) is 3.43. The molecule has 3 aromatic rings. The van der Waals surface area contributed by atoms with Gasteiger partial charge in [-0.3, -0.25) is 4.79 Å². The lowest BCUT2D eigenvalue weighted by molar-refractivity contribution is -0.113. The van der Waals surface area contributed by atoms with Crippen molar-refractivity contribution in [3.63, 3.8) is 0 Å². The highest BCUT2D eigenvalue weighted by molar-refractivity contribution is 7.99. The van der Waals surface area contributed by atoms with Gasteiger partial charge in [0.15, 0.2) is 10.3 Å². The molecule has 0 spiro atoms. The number of hydrogen-bond acceptors (Lipinski definition) is 10. The van der Waals surface area contributed by atoms with Crippen LogP contribution in [0.2, 0.25) is 0 Å². The van der Waals surface area contributed by atoms with E-state index in [-0.39, 0.29) is 18.3 Å². The Hall–Kier alpha value is -2.24. The van der Waals surface area contributed by atoms with Crippen LogP contribution < -0.4 is 11.1 Å². The van der Waals surface area contributed by atoms with Crippen molar-refractivity contribution in [2.45, 2.75) is 38.3 Å². The first kappa shape index (κ1) is 20.0. The number of thioether (sulfide) groups is 1. The Morgan fingerprint density at radius 1 is 1.24 bits per heavy atom. The van der Waals surface area contributed by atoms with Gasteiger partial charge in [-0.2, -0.15) is 0 Å². The standard InChI is InChI=1S/C18H19N5O3S3/c1-3-26-16(25)13-8(2)20-18(29-13)21-11(24)7-27-17-22-14(19)12-9-5-4-6-10(9)28-15(12)23-17/h3-7H2,1-2H3,(H2,19,22,23)(H,20,21,24). The molecule has 3 aromatic heterocycles. The number of carbonyl (C=O) groups excluding carboxylic acids is 2. The van der Waals surface area contributed by atoms with E-state index in [4.69, 9.17) is 10.5 Å². The van der Waals surface area contributed by atoms with Gasteiger partial charge in [-0.25, -0.2) is 19.7 Å². The molecule has 0 saturated carbocycles. The van der Waals surface area contributed by atoms with E-state index >= 15 is 0 Å². The normalized spacial score (nSPS) is 12.9. The van der Waals surface area contributed by atoms with Gasteiger partial charge in [0.1, 0.15) is 15.5 Å². The van der Waals surface area contributed by atoms with Gasteiger partial charge in [-0.1, -0.05) is 23.1 Å². The number of thiazole rings is 1. The van der Waals surface area contributed by atoms with Crippen LogP contribution in [0.25, 0.3) is 10.2 Å². The molecule has 4 rings (SSSR count).